The highest BCUT2D eigenvalue weighted by molar-refractivity contribution is 7.89. The summed E-state index contributed by atoms with van der Waals surface area (Å²) in [6.45, 7) is 0.251. The lowest BCUT2D eigenvalue weighted by Crippen LogP contribution is -2.26. The van der Waals surface area contributed by atoms with Crippen LogP contribution in [0, 0.1) is 12.3 Å². The quantitative estimate of drug-likeness (QED) is 0.386. The number of hydrogen-bond donors (Lipinski definition) is 2. The standard InChI is InChI=1S/C16H20N2O5S/c1-3-10-18-24(21,22)14-8-6-7-13(12-14)16(20)17-11-5-4-9-15(19)23-2/h1,6-8,12,18H,4-5,9-11H2,2H3,(H,17,20). The number of hydrogen-bond acceptors (Lipinski definition) is 5. The lowest BCUT2D eigenvalue weighted by atomic mass is 10.2. The molecule has 0 fully saturated rings. The third-order valence-electron chi connectivity index (χ3n) is 3.09. The minimum Gasteiger partial charge on any atom is -0.469 e. The van der Waals surface area contributed by atoms with Gasteiger partial charge in [0, 0.05) is 18.5 Å². The molecule has 0 unspecified atom stereocenters. The number of unbranched alkanes of at least 4 members (excludes halogenated alkanes) is 1. The molecule has 0 aliphatic carbocycles. The molecule has 0 aromatic heterocycles. The fraction of sp³-hybridized carbons (Fsp3) is 0.375. The number of esters is 1. The molecule has 2 N–H and O–H groups in total. The molecule has 1 aromatic rings. The molecular formula is C16H20N2O5S. The number of benzene rings is 1. The van der Waals surface area contributed by atoms with Crippen molar-refractivity contribution in [2.24, 2.45) is 0 Å². The smallest absolute Gasteiger partial charge is 0.305 e. The highest BCUT2D eigenvalue weighted by atomic mass is 32.2. The molecule has 0 saturated carbocycles. The summed E-state index contributed by atoms with van der Waals surface area (Å²) >= 11 is 0. The first-order chi connectivity index (χ1) is 11.4. The number of sulfonamides is 1. The SMILES string of the molecule is C#CCNS(=O)(=O)c1cccc(C(=O)NCCCCC(=O)OC)c1. The van der Waals surface area contributed by atoms with Crippen LogP contribution in [0.25, 0.3) is 0 Å². The van der Waals surface area contributed by atoms with Crippen molar-refractivity contribution in [3.05, 3.63) is 29.8 Å². The third kappa shape index (κ3) is 6.40. The number of nitrogens with one attached hydrogen (secondary N) is 2. The van der Waals surface area contributed by atoms with Crippen LogP contribution < -0.4 is 10.0 Å². The lowest BCUT2D eigenvalue weighted by Gasteiger charge is -2.08. The van der Waals surface area contributed by atoms with Crippen molar-refractivity contribution in [1.29, 1.82) is 0 Å². The van der Waals surface area contributed by atoms with E-state index in [1.54, 1.807) is 0 Å². The average Bonchev–Trinajstić information content (AvgIpc) is 2.59. The highest BCUT2D eigenvalue weighted by Crippen LogP contribution is 2.11. The van der Waals surface area contributed by atoms with E-state index in [1.165, 1.54) is 31.4 Å². The minimum atomic E-state index is -3.74. The van der Waals surface area contributed by atoms with Crippen LogP contribution in [0.15, 0.2) is 29.2 Å². The van der Waals surface area contributed by atoms with Crippen LogP contribution in [0.5, 0.6) is 0 Å². The van der Waals surface area contributed by atoms with Gasteiger partial charge >= 0.3 is 5.97 Å². The van der Waals surface area contributed by atoms with E-state index in [4.69, 9.17) is 6.42 Å². The van der Waals surface area contributed by atoms with Gasteiger partial charge in [0.2, 0.25) is 10.0 Å². The minimum absolute atomic E-state index is 0.0314. The number of ether oxygens (including phenoxy) is 1. The van der Waals surface area contributed by atoms with Crippen molar-refractivity contribution >= 4 is 21.9 Å². The van der Waals surface area contributed by atoms with E-state index < -0.39 is 10.0 Å². The number of carbonyl (C=O) groups excluding carboxylic acids is 2. The monoisotopic (exact) mass is 352 g/mol. The van der Waals surface area contributed by atoms with Crippen molar-refractivity contribution in [3.63, 3.8) is 0 Å². The molecule has 0 aliphatic rings. The van der Waals surface area contributed by atoms with Crippen LogP contribution in [0.2, 0.25) is 0 Å². The zero-order valence-electron chi connectivity index (χ0n) is 13.4. The van der Waals surface area contributed by atoms with E-state index in [0.717, 1.165) is 0 Å². The van der Waals surface area contributed by atoms with Gasteiger partial charge < -0.3 is 10.1 Å². The maximum Gasteiger partial charge on any atom is 0.305 e. The first kappa shape index (κ1) is 19.7. The van der Waals surface area contributed by atoms with Crippen LogP contribution in [-0.2, 0) is 19.6 Å². The van der Waals surface area contributed by atoms with Crippen LogP contribution in [0.3, 0.4) is 0 Å². The summed E-state index contributed by atoms with van der Waals surface area (Å²) in [4.78, 5) is 23.0. The Morgan fingerprint density at radius 1 is 1.29 bits per heavy atom. The van der Waals surface area contributed by atoms with Gasteiger partial charge in [0.05, 0.1) is 18.6 Å². The fourth-order valence-corrected chi connectivity index (χ4v) is 2.80. The first-order valence-electron chi connectivity index (χ1n) is 7.29. The lowest BCUT2D eigenvalue weighted by molar-refractivity contribution is -0.140. The van der Waals surface area contributed by atoms with Crippen molar-refractivity contribution in [2.75, 3.05) is 20.2 Å². The second-order valence-electron chi connectivity index (χ2n) is 4.85. The van der Waals surface area contributed by atoms with E-state index in [2.05, 4.69) is 20.7 Å². The molecule has 7 nitrogen and oxygen atoms in total. The molecule has 0 spiro atoms. The Kier molecular flexibility index (Phi) is 7.95. The summed E-state index contributed by atoms with van der Waals surface area (Å²) < 4.78 is 30.7. The molecule has 1 rings (SSSR count). The fourth-order valence-electron chi connectivity index (χ4n) is 1.82. The van der Waals surface area contributed by atoms with E-state index in [0.29, 0.717) is 25.8 Å². The van der Waals surface area contributed by atoms with Crippen molar-refractivity contribution < 1.29 is 22.7 Å². The van der Waals surface area contributed by atoms with Crippen LogP contribution >= 0.6 is 0 Å². The molecule has 0 bridgehead atoms. The Morgan fingerprint density at radius 3 is 2.71 bits per heavy atom. The maximum absolute atomic E-state index is 12.0. The summed E-state index contributed by atoms with van der Waals surface area (Å²) in [6.07, 6.45) is 6.53. The van der Waals surface area contributed by atoms with E-state index in [1.807, 2.05) is 0 Å². The summed E-state index contributed by atoms with van der Waals surface area (Å²) in [7, 11) is -2.42. The van der Waals surface area contributed by atoms with Crippen LogP contribution in [-0.4, -0.2) is 40.5 Å². The van der Waals surface area contributed by atoms with Gasteiger partial charge in [-0.1, -0.05) is 12.0 Å². The second-order valence-corrected chi connectivity index (χ2v) is 6.61. The molecule has 1 amide bonds. The predicted molar refractivity (Wildman–Crippen MR) is 88.7 cm³/mol. The number of amides is 1. The Balaban J connectivity index is 2.58. The van der Waals surface area contributed by atoms with Crippen molar-refractivity contribution in [2.45, 2.75) is 24.2 Å². The van der Waals surface area contributed by atoms with Gasteiger partial charge in [-0.2, -0.15) is 4.72 Å². The molecular weight excluding hydrogens is 332 g/mol. The Morgan fingerprint density at radius 2 is 2.04 bits per heavy atom. The normalized spacial score (nSPS) is 10.7. The van der Waals surface area contributed by atoms with Crippen LogP contribution in [0.1, 0.15) is 29.6 Å². The molecule has 130 valence electrons. The van der Waals surface area contributed by atoms with Crippen molar-refractivity contribution in [3.8, 4) is 12.3 Å². The van der Waals surface area contributed by atoms with E-state index in [9.17, 15) is 18.0 Å². The highest BCUT2D eigenvalue weighted by Gasteiger charge is 2.15. The summed E-state index contributed by atoms with van der Waals surface area (Å²) in [5, 5.41) is 2.67. The molecule has 1 aromatic carbocycles. The van der Waals surface area contributed by atoms with Crippen molar-refractivity contribution in [1.82, 2.24) is 10.0 Å². The van der Waals surface area contributed by atoms with Gasteiger partial charge in [0.1, 0.15) is 0 Å². The average molecular weight is 352 g/mol. The molecule has 8 heteroatoms. The number of methoxy groups -OCH3 is 1. The molecule has 0 radical (unpaired) electrons. The van der Waals surface area contributed by atoms with Crippen LogP contribution in [0.4, 0.5) is 0 Å². The Hall–Kier alpha value is -2.37. The Labute approximate surface area is 141 Å². The molecule has 0 heterocycles. The van der Waals surface area contributed by atoms with Gasteiger partial charge in [-0.05, 0) is 31.0 Å². The summed E-state index contributed by atoms with van der Waals surface area (Å²) in [5.41, 5.74) is 0.228. The maximum atomic E-state index is 12.0. The molecule has 0 atom stereocenters. The number of rotatable bonds is 9. The largest absolute Gasteiger partial charge is 0.469 e. The molecule has 24 heavy (non-hydrogen) atoms. The van der Waals surface area contributed by atoms with Gasteiger partial charge in [-0.15, -0.1) is 6.42 Å². The number of carbonyl (C=O) groups is 2. The number of terminal acetylenes is 1. The summed E-state index contributed by atoms with van der Waals surface area (Å²) in [6, 6.07) is 5.66. The zero-order chi connectivity index (χ0) is 18.0. The van der Waals surface area contributed by atoms with E-state index in [-0.39, 0.29) is 28.9 Å². The Bertz CT molecular complexity index is 722. The van der Waals surface area contributed by atoms with Gasteiger partial charge in [-0.3, -0.25) is 9.59 Å². The third-order valence-corrected chi connectivity index (χ3v) is 4.49. The molecule has 0 saturated heterocycles. The van der Waals surface area contributed by atoms with Gasteiger partial charge in [0.25, 0.3) is 5.91 Å². The van der Waals surface area contributed by atoms with Gasteiger partial charge in [0.15, 0.2) is 0 Å². The second kappa shape index (κ2) is 9.70. The predicted octanol–water partition coefficient (Wildman–Crippen LogP) is 0.671. The van der Waals surface area contributed by atoms with Gasteiger partial charge in [-0.25, -0.2) is 8.42 Å². The first-order valence-corrected chi connectivity index (χ1v) is 8.77. The topological polar surface area (TPSA) is 102 Å². The molecule has 0 aliphatic heterocycles. The summed E-state index contributed by atoms with van der Waals surface area (Å²) in [5.74, 6) is 1.50. The zero-order valence-corrected chi connectivity index (χ0v) is 14.2. The van der Waals surface area contributed by atoms with E-state index >= 15 is 0 Å².